The number of methoxy groups -OCH3 is 1. The molecular formula is C18H26FN3O. The lowest BCUT2D eigenvalue weighted by molar-refractivity contribution is 0.157. The minimum absolute atomic E-state index is 0.0999. The second kappa shape index (κ2) is 7.30. The molecule has 1 saturated carbocycles. The number of hydrogen-bond donors (Lipinski definition) is 1. The van der Waals surface area contributed by atoms with E-state index in [1.807, 2.05) is 19.1 Å². The Bertz CT molecular complexity index is 563. The monoisotopic (exact) mass is 319 g/mol. The molecule has 3 unspecified atom stereocenters. The smallest absolute Gasteiger partial charge is 0.194 e. The van der Waals surface area contributed by atoms with Gasteiger partial charge in [-0.25, -0.2) is 4.39 Å². The van der Waals surface area contributed by atoms with E-state index in [9.17, 15) is 4.39 Å². The predicted octanol–water partition coefficient (Wildman–Crippen LogP) is 2.62. The van der Waals surface area contributed by atoms with Crippen molar-refractivity contribution in [1.29, 1.82) is 0 Å². The highest BCUT2D eigenvalue weighted by molar-refractivity contribution is 5.81. The van der Waals surface area contributed by atoms with Crippen LogP contribution in [0.2, 0.25) is 0 Å². The summed E-state index contributed by atoms with van der Waals surface area (Å²) in [5.41, 5.74) is 0.819. The maximum atomic E-state index is 13.9. The lowest BCUT2D eigenvalue weighted by Crippen LogP contribution is -2.42. The Morgan fingerprint density at radius 3 is 3.00 bits per heavy atom. The molecule has 3 atom stereocenters. The molecule has 0 amide bonds. The zero-order valence-corrected chi connectivity index (χ0v) is 14.0. The summed E-state index contributed by atoms with van der Waals surface area (Å²) in [5, 5.41) is 3.54. The van der Waals surface area contributed by atoms with Crippen molar-refractivity contribution in [2.75, 3.05) is 33.4 Å². The molecule has 1 N–H and O–H groups in total. The predicted molar refractivity (Wildman–Crippen MR) is 90.2 cm³/mol. The summed E-state index contributed by atoms with van der Waals surface area (Å²) in [6.07, 6.45) is 2.11. The Morgan fingerprint density at radius 1 is 1.43 bits per heavy atom. The van der Waals surface area contributed by atoms with Gasteiger partial charge in [0.15, 0.2) is 5.96 Å². The van der Waals surface area contributed by atoms with E-state index in [1.165, 1.54) is 0 Å². The molecule has 1 aromatic rings. The molecule has 0 aromatic heterocycles. The van der Waals surface area contributed by atoms with Gasteiger partial charge in [0.25, 0.3) is 0 Å². The van der Waals surface area contributed by atoms with Gasteiger partial charge >= 0.3 is 0 Å². The summed E-state index contributed by atoms with van der Waals surface area (Å²) < 4.78 is 19.2. The first-order valence-electron chi connectivity index (χ1n) is 8.52. The molecule has 2 fully saturated rings. The van der Waals surface area contributed by atoms with Gasteiger partial charge in [0, 0.05) is 44.6 Å². The zero-order chi connectivity index (χ0) is 16.2. The molecule has 2 aliphatic rings. The summed E-state index contributed by atoms with van der Waals surface area (Å²) in [6.45, 7) is 5.60. The van der Waals surface area contributed by atoms with E-state index in [0.29, 0.717) is 12.0 Å². The average Bonchev–Trinajstić information content (AvgIpc) is 3.14. The molecule has 1 aromatic carbocycles. The van der Waals surface area contributed by atoms with Gasteiger partial charge in [-0.3, -0.25) is 4.99 Å². The van der Waals surface area contributed by atoms with Crippen LogP contribution >= 0.6 is 0 Å². The zero-order valence-electron chi connectivity index (χ0n) is 14.0. The summed E-state index contributed by atoms with van der Waals surface area (Å²) in [6, 6.07) is 7.38. The fraction of sp³-hybridized carbons (Fsp3) is 0.611. The minimum Gasteiger partial charge on any atom is -0.384 e. The van der Waals surface area contributed by atoms with Crippen LogP contribution in [0.4, 0.5) is 4.39 Å². The number of nitrogens with one attached hydrogen (secondary N) is 1. The molecule has 126 valence electrons. The summed E-state index contributed by atoms with van der Waals surface area (Å²) in [7, 11) is 1.76. The van der Waals surface area contributed by atoms with Gasteiger partial charge in [-0.1, -0.05) is 18.2 Å². The molecule has 3 rings (SSSR count). The first kappa shape index (κ1) is 16.2. The van der Waals surface area contributed by atoms with Crippen LogP contribution in [-0.2, 0) is 4.74 Å². The Labute approximate surface area is 137 Å². The Kier molecular flexibility index (Phi) is 5.16. The van der Waals surface area contributed by atoms with Crippen molar-refractivity contribution in [2.24, 2.45) is 10.9 Å². The number of guanidine groups is 1. The molecule has 1 aliphatic carbocycles. The Hall–Kier alpha value is -1.62. The normalized spacial score (nSPS) is 27.3. The molecule has 4 nitrogen and oxygen atoms in total. The van der Waals surface area contributed by atoms with Crippen molar-refractivity contribution >= 4 is 5.96 Å². The van der Waals surface area contributed by atoms with Crippen LogP contribution in [-0.4, -0.2) is 50.3 Å². The van der Waals surface area contributed by atoms with Crippen molar-refractivity contribution in [2.45, 2.75) is 31.7 Å². The van der Waals surface area contributed by atoms with E-state index in [0.717, 1.165) is 50.6 Å². The maximum Gasteiger partial charge on any atom is 0.194 e. The van der Waals surface area contributed by atoms with Crippen molar-refractivity contribution in [3.8, 4) is 0 Å². The van der Waals surface area contributed by atoms with Crippen LogP contribution in [0.15, 0.2) is 29.3 Å². The fourth-order valence-electron chi connectivity index (χ4n) is 3.42. The first-order valence-corrected chi connectivity index (χ1v) is 8.52. The van der Waals surface area contributed by atoms with E-state index in [-0.39, 0.29) is 11.7 Å². The van der Waals surface area contributed by atoms with E-state index in [2.05, 4.69) is 15.2 Å². The molecular weight excluding hydrogens is 293 g/mol. The van der Waals surface area contributed by atoms with Crippen molar-refractivity contribution in [3.63, 3.8) is 0 Å². The van der Waals surface area contributed by atoms with E-state index in [4.69, 9.17) is 4.74 Å². The third kappa shape index (κ3) is 3.83. The summed E-state index contributed by atoms with van der Waals surface area (Å²) in [4.78, 5) is 6.94. The standard InChI is InChI=1S/C18H26FN3O/c1-3-20-18(22-9-8-13(11-22)12-23-2)21-17-10-15(17)14-6-4-5-7-16(14)19/h4-7,13,15,17H,3,8-12H2,1-2H3,(H,20,21). The summed E-state index contributed by atoms with van der Waals surface area (Å²) >= 11 is 0. The Balaban J connectivity index is 1.60. The third-order valence-corrected chi connectivity index (χ3v) is 4.71. The van der Waals surface area contributed by atoms with Gasteiger partial charge in [0.1, 0.15) is 5.82 Å². The molecule has 0 bridgehead atoms. The van der Waals surface area contributed by atoms with Gasteiger partial charge in [0.05, 0.1) is 6.61 Å². The van der Waals surface area contributed by atoms with Gasteiger partial charge in [0.2, 0.25) is 0 Å². The highest BCUT2D eigenvalue weighted by Crippen LogP contribution is 2.42. The van der Waals surface area contributed by atoms with Crippen LogP contribution in [0.1, 0.15) is 31.2 Å². The fourth-order valence-corrected chi connectivity index (χ4v) is 3.42. The topological polar surface area (TPSA) is 36.9 Å². The van der Waals surface area contributed by atoms with Gasteiger partial charge in [-0.2, -0.15) is 0 Å². The number of rotatable bonds is 5. The first-order chi connectivity index (χ1) is 11.2. The molecule has 0 spiro atoms. The lowest BCUT2D eigenvalue weighted by atomic mass is 10.1. The number of nitrogens with zero attached hydrogens (tertiary/aromatic N) is 2. The van der Waals surface area contributed by atoms with Gasteiger partial charge < -0.3 is 15.0 Å². The lowest BCUT2D eigenvalue weighted by Gasteiger charge is -2.22. The van der Waals surface area contributed by atoms with Crippen molar-refractivity contribution in [1.82, 2.24) is 10.2 Å². The third-order valence-electron chi connectivity index (χ3n) is 4.71. The van der Waals surface area contributed by atoms with Crippen LogP contribution in [0.25, 0.3) is 0 Å². The molecule has 0 radical (unpaired) electrons. The van der Waals surface area contributed by atoms with E-state index in [1.54, 1.807) is 19.2 Å². The van der Waals surface area contributed by atoms with Crippen LogP contribution in [0.5, 0.6) is 0 Å². The number of ether oxygens (including phenoxy) is 1. The van der Waals surface area contributed by atoms with Crippen LogP contribution in [0, 0.1) is 11.7 Å². The number of halogens is 1. The van der Waals surface area contributed by atoms with Crippen molar-refractivity contribution < 1.29 is 9.13 Å². The van der Waals surface area contributed by atoms with Crippen LogP contribution in [0.3, 0.4) is 0 Å². The maximum absolute atomic E-state index is 13.9. The number of likely N-dealkylation sites (tertiary alicyclic amines) is 1. The van der Waals surface area contributed by atoms with Gasteiger partial charge in [-0.15, -0.1) is 0 Å². The van der Waals surface area contributed by atoms with Crippen LogP contribution < -0.4 is 5.32 Å². The van der Waals surface area contributed by atoms with Crippen molar-refractivity contribution in [3.05, 3.63) is 35.6 Å². The highest BCUT2D eigenvalue weighted by Gasteiger charge is 2.41. The second-order valence-electron chi connectivity index (χ2n) is 6.47. The number of hydrogen-bond acceptors (Lipinski definition) is 2. The largest absolute Gasteiger partial charge is 0.384 e. The van der Waals surface area contributed by atoms with E-state index >= 15 is 0 Å². The molecule has 1 heterocycles. The number of benzene rings is 1. The number of aliphatic imine (C=N–C) groups is 1. The second-order valence-corrected chi connectivity index (χ2v) is 6.47. The highest BCUT2D eigenvalue weighted by atomic mass is 19.1. The quantitative estimate of drug-likeness (QED) is 0.669. The molecule has 5 heteroatoms. The van der Waals surface area contributed by atoms with Gasteiger partial charge in [-0.05, 0) is 31.4 Å². The van der Waals surface area contributed by atoms with E-state index < -0.39 is 0 Å². The SMILES string of the molecule is CCN=C(NC1CC1c1ccccc1F)N1CCC(COC)C1. The average molecular weight is 319 g/mol. The summed E-state index contributed by atoms with van der Waals surface area (Å²) in [5.74, 6) is 1.70. The molecule has 23 heavy (non-hydrogen) atoms. The molecule has 1 aliphatic heterocycles. The minimum atomic E-state index is -0.0999. The molecule has 1 saturated heterocycles. The Morgan fingerprint density at radius 2 is 2.26 bits per heavy atom.